The second kappa shape index (κ2) is 5.58. The minimum Gasteiger partial charge on any atom is -0.595 e. The molecule has 0 aliphatic carbocycles. The molecule has 0 amide bonds. The van der Waals surface area contributed by atoms with Crippen LogP contribution in [0.2, 0.25) is 0 Å². The van der Waals surface area contributed by atoms with Gasteiger partial charge in [-0.1, -0.05) is 11.8 Å². The van der Waals surface area contributed by atoms with Crippen molar-refractivity contribution in [1.82, 2.24) is 0 Å². The van der Waals surface area contributed by atoms with Gasteiger partial charge in [0.15, 0.2) is 12.3 Å². The molecular formula is C7H12N2O2. The van der Waals surface area contributed by atoms with E-state index in [1.54, 1.807) is 19.9 Å². The fraction of sp³-hybridized carbons (Fsp3) is 0.571. The molecule has 0 atom stereocenters. The van der Waals surface area contributed by atoms with Crippen LogP contribution in [0, 0.1) is 5.21 Å². The van der Waals surface area contributed by atoms with E-state index in [1.165, 1.54) is 6.20 Å². The average Bonchev–Trinajstić information content (AvgIpc) is 2.01. The lowest BCUT2D eigenvalue weighted by molar-refractivity contribution is -0.458. The minimum atomic E-state index is -0.0321. The molecule has 0 fully saturated rings. The Kier molecular flexibility index (Phi) is 4.98. The van der Waals surface area contributed by atoms with E-state index in [1.807, 2.05) is 0 Å². The molecule has 0 aliphatic rings. The maximum Gasteiger partial charge on any atom is 0.205 e. The van der Waals surface area contributed by atoms with Gasteiger partial charge in [0.1, 0.15) is 0 Å². The van der Waals surface area contributed by atoms with Crippen molar-refractivity contribution >= 4 is 5.78 Å². The highest BCUT2D eigenvalue weighted by molar-refractivity contribution is 5.79. The molecule has 0 radical (unpaired) electrons. The van der Waals surface area contributed by atoms with Crippen LogP contribution in [0.5, 0.6) is 0 Å². The number of hydrogen-bond donors (Lipinski definition) is 0. The molecule has 0 aromatic heterocycles. The van der Waals surface area contributed by atoms with Crippen molar-refractivity contribution in [2.24, 2.45) is 5.11 Å². The van der Waals surface area contributed by atoms with Gasteiger partial charge in [-0.15, -0.1) is 0 Å². The lowest BCUT2D eigenvalue weighted by atomic mass is 10.3. The molecule has 0 aromatic carbocycles. The third kappa shape index (κ3) is 5.26. The summed E-state index contributed by atoms with van der Waals surface area (Å²) in [5.41, 5.74) is 0. The molecule has 0 rings (SSSR count). The summed E-state index contributed by atoms with van der Waals surface area (Å²) >= 11 is 0. The lowest BCUT2D eigenvalue weighted by Crippen LogP contribution is -2.02. The summed E-state index contributed by atoms with van der Waals surface area (Å²) < 4.78 is 0. The van der Waals surface area contributed by atoms with Crippen LogP contribution in [0.1, 0.15) is 20.3 Å². The van der Waals surface area contributed by atoms with E-state index in [4.69, 9.17) is 0 Å². The monoisotopic (exact) mass is 156 g/mol. The first-order valence-electron chi connectivity index (χ1n) is 3.49. The summed E-state index contributed by atoms with van der Waals surface area (Å²) in [4.78, 5) is 11.0. The zero-order valence-electron chi connectivity index (χ0n) is 6.78. The van der Waals surface area contributed by atoms with Crippen LogP contribution >= 0.6 is 0 Å². The van der Waals surface area contributed by atoms with Gasteiger partial charge in [0, 0.05) is 6.42 Å². The molecule has 4 heteroatoms. The first-order valence-corrected chi connectivity index (χ1v) is 3.49. The molecule has 0 aromatic rings. The van der Waals surface area contributed by atoms with E-state index in [0.717, 1.165) is 0 Å². The Labute approximate surface area is 65.8 Å². The Morgan fingerprint density at radius 1 is 1.73 bits per heavy atom. The molecular weight excluding hydrogens is 144 g/mol. The van der Waals surface area contributed by atoms with Crippen LogP contribution < -0.4 is 0 Å². The first-order chi connectivity index (χ1) is 5.20. The quantitative estimate of drug-likeness (QED) is 0.351. The molecule has 0 spiro atoms. The van der Waals surface area contributed by atoms with Crippen molar-refractivity contribution in [3.63, 3.8) is 0 Å². The van der Waals surface area contributed by atoms with Gasteiger partial charge in [-0.3, -0.25) is 4.79 Å². The molecule has 0 aliphatic heterocycles. The first kappa shape index (κ1) is 9.81. The predicted molar refractivity (Wildman–Crippen MR) is 41.0 cm³/mol. The van der Waals surface area contributed by atoms with Gasteiger partial charge in [-0.05, 0) is 18.1 Å². The number of carbonyl (C=O) groups excluding carboxylic acids is 1. The van der Waals surface area contributed by atoms with Crippen molar-refractivity contribution in [2.45, 2.75) is 20.3 Å². The molecule has 0 saturated carbocycles. The highest BCUT2D eigenvalue weighted by atomic mass is 16.5. The van der Waals surface area contributed by atoms with E-state index in [-0.39, 0.29) is 12.3 Å². The van der Waals surface area contributed by atoms with Crippen molar-refractivity contribution in [3.8, 4) is 0 Å². The summed E-state index contributed by atoms with van der Waals surface area (Å²) in [5, 5.41) is 14.0. The van der Waals surface area contributed by atoms with E-state index >= 15 is 0 Å². The Morgan fingerprint density at radius 2 is 2.36 bits per heavy atom. The number of Topliss-reactive ketones (excluding diaryl/α,β-unsaturated/α-hetero) is 1. The highest BCUT2D eigenvalue weighted by Gasteiger charge is 1.97. The topological polar surface area (TPSA) is 55.5 Å². The van der Waals surface area contributed by atoms with Crippen molar-refractivity contribution in [2.75, 3.05) is 6.54 Å². The number of hydrogen-bond acceptors (Lipinski definition) is 3. The van der Waals surface area contributed by atoms with Gasteiger partial charge < -0.3 is 5.21 Å². The van der Waals surface area contributed by atoms with Gasteiger partial charge in [0.2, 0.25) is 6.20 Å². The zero-order valence-corrected chi connectivity index (χ0v) is 6.78. The number of rotatable bonds is 4. The van der Waals surface area contributed by atoms with Gasteiger partial charge in [-0.2, -0.15) is 0 Å². The normalized spacial score (nSPS) is 12.4. The maximum atomic E-state index is 10.6. The molecule has 0 unspecified atom stereocenters. The third-order valence-electron chi connectivity index (χ3n) is 1.06. The summed E-state index contributed by atoms with van der Waals surface area (Å²) in [7, 11) is 0. The molecule has 11 heavy (non-hydrogen) atoms. The Bertz CT molecular complexity index is 185. The van der Waals surface area contributed by atoms with E-state index in [2.05, 4.69) is 5.11 Å². The van der Waals surface area contributed by atoms with E-state index < -0.39 is 0 Å². The summed E-state index contributed by atoms with van der Waals surface area (Å²) in [6, 6.07) is 0. The number of azo groups is 1. The Morgan fingerprint density at radius 3 is 2.82 bits per heavy atom. The molecule has 0 N–H and O–H groups in total. The van der Waals surface area contributed by atoms with E-state index in [0.29, 0.717) is 11.3 Å². The fourth-order valence-corrected chi connectivity index (χ4v) is 0.435. The Hall–Kier alpha value is -1.19. The summed E-state index contributed by atoms with van der Waals surface area (Å²) in [5.74, 6) is -0.0321. The van der Waals surface area contributed by atoms with Crippen molar-refractivity contribution in [3.05, 3.63) is 17.5 Å². The standard InChI is InChI=1S/C7H12N2O2/c1-3-5-9(11)8-6-7(10)4-2/h3,5H,4,6H2,1-2H3. The molecule has 4 nitrogen and oxygen atoms in total. The fourth-order valence-electron chi connectivity index (χ4n) is 0.435. The largest absolute Gasteiger partial charge is 0.595 e. The van der Waals surface area contributed by atoms with Crippen LogP contribution in [0.3, 0.4) is 0 Å². The number of nitrogens with zero attached hydrogens (tertiary/aromatic N) is 2. The molecule has 0 heterocycles. The van der Waals surface area contributed by atoms with Gasteiger partial charge in [0.05, 0.1) is 0 Å². The van der Waals surface area contributed by atoms with Crippen LogP contribution in [-0.2, 0) is 4.79 Å². The van der Waals surface area contributed by atoms with Crippen molar-refractivity contribution in [1.29, 1.82) is 0 Å². The second-order valence-corrected chi connectivity index (χ2v) is 1.98. The Balaban J connectivity index is 3.82. The predicted octanol–water partition coefficient (Wildman–Crippen LogP) is 1.46. The number of allylic oxidation sites excluding steroid dienone is 1. The van der Waals surface area contributed by atoms with Crippen molar-refractivity contribution < 1.29 is 9.66 Å². The van der Waals surface area contributed by atoms with Crippen LogP contribution in [-0.4, -0.2) is 17.2 Å². The second-order valence-electron chi connectivity index (χ2n) is 1.98. The van der Waals surface area contributed by atoms with Gasteiger partial charge in [-0.25, -0.2) is 0 Å². The van der Waals surface area contributed by atoms with Gasteiger partial charge in [0.25, 0.3) is 0 Å². The van der Waals surface area contributed by atoms with E-state index in [9.17, 15) is 10.0 Å². The zero-order chi connectivity index (χ0) is 8.69. The maximum absolute atomic E-state index is 10.6. The highest BCUT2D eigenvalue weighted by Crippen LogP contribution is 1.84. The third-order valence-corrected chi connectivity index (χ3v) is 1.06. The summed E-state index contributed by atoms with van der Waals surface area (Å²) in [6.07, 6.45) is 3.24. The van der Waals surface area contributed by atoms with Gasteiger partial charge >= 0.3 is 0 Å². The smallest absolute Gasteiger partial charge is 0.205 e. The average molecular weight is 156 g/mol. The molecule has 0 bridgehead atoms. The lowest BCUT2D eigenvalue weighted by Gasteiger charge is -1.91. The minimum absolute atomic E-state index is 0.0235. The number of hydroxylamine groups is 1. The summed E-state index contributed by atoms with van der Waals surface area (Å²) in [6.45, 7) is 3.43. The van der Waals surface area contributed by atoms with Crippen LogP contribution in [0.25, 0.3) is 0 Å². The number of carbonyl (C=O) groups is 1. The molecule has 62 valence electrons. The molecule has 0 saturated heterocycles. The van der Waals surface area contributed by atoms with Crippen LogP contribution in [0.15, 0.2) is 17.4 Å². The van der Waals surface area contributed by atoms with Crippen LogP contribution in [0.4, 0.5) is 0 Å². The number of ketones is 1. The SMILES string of the molecule is CC=C[N+]([O-])=NCC(=O)CC.